The molecule has 3 heteroatoms. The second kappa shape index (κ2) is 7.06. The predicted molar refractivity (Wildman–Crippen MR) is 84.7 cm³/mol. The summed E-state index contributed by atoms with van der Waals surface area (Å²) in [4.78, 5) is 7.02. The highest BCUT2D eigenvalue weighted by Gasteiger charge is 2.09. The van der Waals surface area contributed by atoms with Gasteiger partial charge in [0, 0.05) is 25.3 Å². The zero-order valence-corrected chi connectivity index (χ0v) is 12.3. The lowest BCUT2D eigenvalue weighted by Crippen LogP contribution is -2.23. The lowest BCUT2D eigenvalue weighted by atomic mass is 10.1. The van der Waals surface area contributed by atoms with Crippen molar-refractivity contribution in [1.82, 2.24) is 4.98 Å². The number of aromatic nitrogens is 1. The summed E-state index contributed by atoms with van der Waals surface area (Å²) >= 11 is 0. The molecule has 1 heterocycles. The van der Waals surface area contributed by atoms with Crippen molar-refractivity contribution >= 4 is 5.82 Å². The second-order valence-corrected chi connectivity index (χ2v) is 4.88. The van der Waals surface area contributed by atoms with Gasteiger partial charge in [-0.2, -0.15) is 0 Å². The van der Waals surface area contributed by atoms with Crippen molar-refractivity contribution in [1.29, 1.82) is 0 Å². The van der Waals surface area contributed by atoms with Gasteiger partial charge in [0.1, 0.15) is 5.82 Å². The first-order valence-corrected chi connectivity index (χ1v) is 7.25. The van der Waals surface area contributed by atoms with Gasteiger partial charge in [-0.05, 0) is 36.6 Å². The van der Waals surface area contributed by atoms with Crippen LogP contribution in [0.25, 0.3) is 0 Å². The molecular formula is C17H23N3. The first kappa shape index (κ1) is 14.5. The highest BCUT2D eigenvalue weighted by Crippen LogP contribution is 2.18. The molecule has 2 N–H and O–H groups in total. The third-order valence-electron chi connectivity index (χ3n) is 3.44. The number of anilines is 1. The SMILES string of the molecule is CCc1cc(CN)cc(N(CC)Cc2ccccc2)n1. The van der Waals surface area contributed by atoms with Gasteiger partial charge in [-0.25, -0.2) is 4.98 Å². The number of pyridine rings is 1. The number of benzene rings is 1. The minimum Gasteiger partial charge on any atom is -0.353 e. The molecule has 0 aliphatic heterocycles. The van der Waals surface area contributed by atoms with Crippen LogP contribution in [0.1, 0.15) is 30.7 Å². The largest absolute Gasteiger partial charge is 0.353 e. The smallest absolute Gasteiger partial charge is 0.129 e. The number of hydrogen-bond acceptors (Lipinski definition) is 3. The molecule has 0 atom stereocenters. The molecule has 3 nitrogen and oxygen atoms in total. The van der Waals surface area contributed by atoms with E-state index >= 15 is 0 Å². The average Bonchev–Trinajstić information content (AvgIpc) is 2.53. The standard InChI is InChI=1S/C17H23N3/c1-3-16-10-15(12-18)11-17(19-16)20(4-2)13-14-8-6-5-7-9-14/h5-11H,3-4,12-13,18H2,1-2H3. The first-order chi connectivity index (χ1) is 9.76. The van der Waals surface area contributed by atoms with Crippen LogP contribution >= 0.6 is 0 Å². The maximum atomic E-state index is 5.79. The molecule has 2 aromatic rings. The summed E-state index contributed by atoms with van der Waals surface area (Å²) in [5, 5.41) is 0. The number of hydrogen-bond donors (Lipinski definition) is 1. The van der Waals surface area contributed by atoms with Gasteiger partial charge in [0.15, 0.2) is 0 Å². The first-order valence-electron chi connectivity index (χ1n) is 7.25. The van der Waals surface area contributed by atoms with Crippen molar-refractivity contribution in [2.24, 2.45) is 5.73 Å². The Labute approximate surface area is 121 Å². The van der Waals surface area contributed by atoms with Crippen LogP contribution in [0.3, 0.4) is 0 Å². The Bertz CT molecular complexity index is 515. The lowest BCUT2D eigenvalue weighted by Gasteiger charge is -2.23. The monoisotopic (exact) mass is 269 g/mol. The van der Waals surface area contributed by atoms with Gasteiger partial charge < -0.3 is 10.6 Å². The summed E-state index contributed by atoms with van der Waals surface area (Å²) < 4.78 is 0. The van der Waals surface area contributed by atoms with E-state index in [-0.39, 0.29) is 0 Å². The van der Waals surface area contributed by atoms with Crippen LogP contribution < -0.4 is 10.6 Å². The topological polar surface area (TPSA) is 42.1 Å². The Morgan fingerprint density at radius 1 is 1.05 bits per heavy atom. The lowest BCUT2D eigenvalue weighted by molar-refractivity contribution is 0.803. The Kier molecular flexibility index (Phi) is 5.13. The van der Waals surface area contributed by atoms with Crippen molar-refractivity contribution in [3.8, 4) is 0 Å². The van der Waals surface area contributed by atoms with Crippen LogP contribution in [0.5, 0.6) is 0 Å². The summed E-state index contributed by atoms with van der Waals surface area (Å²) in [5.41, 5.74) is 9.35. The summed E-state index contributed by atoms with van der Waals surface area (Å²) in [7, 11) is 0. The third-order valence-corrected chi connectivity index (χ3v) is 3.44. The number of aryl methyl sites for hydroxylation is 1. The fraction of sp³-hybridized carbons (Fsp3) is 0.353. The summed E-state index contributed by atoms with van der Waals surface area (Å²) in [5.74, 6) is 1.02. The van der Waals surface area contributed by atoms with Crippen LogP contribution in [0.2, 0.25) is 0 Å². The van der Waals surface area contributed by atoms with Crippen LogP contribution in [-0.2, 0) is 19.5 Å². The zero-order chi connectivity index (χ0) is 14.4. The molecule has 20 heavy (non-hydrogen) atoms. The Balaban J connectivity index is 2.26. The minimum absolute atomic E-state index is 0.561. The van der Waals surface area contributed by atoms with Gasteiger partial charge in [-0.1, -0.05) is 37.3 Å². The summed E-state index contributed by atoms with van der Waals surface area (Å²) in [6.07, 6.45) is 0.934. The van der Waals surface area contributed by atoms with Crippen LogP contribution in [-0.4, -0.2) is 11.5 Å². The zero-order valence-electron chi connectivity index (χ0n) is 12.3. The normalized spacial score (nSPS) is 10.6. The van der Waals surface area contributed by atoms with Crippen molar-refractivity contribution in [3.63, 3.8) is 0 Å². The quantitative estimate of drug-likeness (QED) is 0.876. The van der Waals surface area contributed by atoms with E-state index in [1.165, 1.54) is 5.56 Å². The fourth-order valence-corrected chi connectivity index (χ4v) is 2.25. The van der Waals surface area contributed by atoms with Crippen LogP contribution in [0.4, 0.5) is 5.82 Å². The molecule has 0 unspecified atom stereocenters. The molecule has 0 amide bonds. The molecule has 0 fully saturated rings. The Morgan fingerprint density at radius 2 is 1.80 bits per heavy atom. The summed E-state index contributed by atoms with van der Waals surface area (Å²) in [6.45, 7) is 6.65. The van der Waals surface area contributed by atoms with Crippen molar-refractivity contribution in [2.75, 3.05) is 11.4 Å². The third kappa shape index (κ3) is 3.58. The molecule has 1 aromatic heterocycles. The highest BCUT2D eigenvalue weighted by atomic mass is 15.2. The molecule has 0 bridgehead atoms. The van der Waals surface area contributed by atoms with Crippen LogP contribution in [0, 0.1) is 0 Å². The van der Waals surface area contributed by atoms with Gasteiger partial charge >= 0.3 is 0 Å². The minimum atomic E-state index is 0.561. The van der Waals surface area contributed by atoms with Crippen molar-refractivity contribution < 1.29 is 0 Å². The summed E-state index contributed by atoms with van der Waals surface area (Å²) in [6, 6.07) is 14.7. The molecule has 0 aliphatic rings. The van der Waals surface area contributed by atoms with E-state index in [1.54, 1.807) is 0 Å². The average molecular weight is 269 g/mol. The van der Waals surface area contributed by atoms with E-state index in [4.69, 9.17) is 10.7 Å². The number of nitrogens with zero attached hydrogens (tertiary/aromatic N) is 2. The molecule has 0 radical (unpaired) electrons. The maximum absolute atomic E-state index is 5.79. The molecule has 0 saturated carbocycles. The van der Waals surface area contributed by atoms with Crippen molar-refractivity contribution in [3.05, 3.63) is 59.3 Å². The van der Waals surface area contributed by atoms with Gasteiger partial charge in [0.25, 0.3) is 0 Å². The molecule has 0 spiro atoms. The highest BCUT2D eigenvalue weighted by molar-refractivity contribution is 5.43. The molecule has 1 aromatic carbocycles. The van der Waals surface area contributed by atoms with Crippen LogP contribution in [0.15, 0.2) is 42.5 Å². The Hall–Kier alpha value is -1.87. The molecular weight excluding hydrogens is 246 g/mol. The predicted octanol–water partition coefficient (Wildman–Crippen LogP) is 3.13. The van der Waals surface area contributed by atoms with E-state index in [1.807, 2.05) is 6.07 Å². The van der Waals surface area contributed by atoms with Gasteiger partial charge in [0.2, 0.25) is 0 Å². The van der Waals surface area contributed by atoms with E-state index in [9.17, 15) is 0 Å². The van der Waals surface area contributed by atoms with Gasteiger partial charge in [-0.15, -0.1) is 0 Å². The molecule has 0 aliphatic carbocycles. The molecule has 2 rings (SSSR count). The molecule has 106 valence electrons. The second-order valence-electron chi connectivity index (χ2n) is 4.88. The van der Waals surface area contributed by atoms with E-state index in [0.717, 1.165) is 36.6 Å². The fourth-order valence-electron chi connectivity index (χ4n) is 2.25. The number of rotatable bonds is 6. The van der Waals surface area contributed by atoms with Crippen molar-refractivity contribution in [2.45, 2.75) is 33.4 Å². The van der Waals surface area contributed by atoms with E-state index < -0.39 is 0 Å². The Morgan fingerprint density at radius 3 is 2.40 bits per heavy atom. The van der Waals surface area contributed by atoms with Gasteiger partial charge in [-0.3, -0.25) is 0 Å². The molecule has 0 saturated heterocycles. The van der Waals surface area contributed by atoms with Gasteiger partial charge in [0.05, 0.1) is 0 Å². The number of nitrogens with two attached hydrogens (primary N) is 1. The maximum Gasteiger partial charge on any atom is 0.129 e. The van der Waals surface area contributed by atoms with E-state index in [2.05, 4.69) is 55.1 Å². The van der Waals surface area contributed by atoms with E-state index in [0.29, 0.717) is 6.54 Å².